The summed E-state index contributed by atoms with van der Waals surface area (Å²) in [5.41, 5.74) is 0.572. The van der Waals surface area contributed by atoms with Gasteiger partial charge in [0.05, 0.1) is 13.0 Å². The highest BCUT2D eigenvalue weighted by atomic mass is 19.1. The summed E-state index contributed by atoms with van der Waals surface area (Å²) in [6, 6.07) is 4.08. The van der Waals surface area contributed by atoms with E-state index in [1.165, 1.54) is 12.1 Å². The number of hydrogen-bond donors (Lipinski definition) is 1. The first-order valence-electron chi connectivity index (χ1n) is 8.83. The van der Waals surface area contributed by atoms with Crippen molar-refractivity contribution in [1.82, 2.24) is 14.5 Å². The van der Waals surface area contributed by atoms with E-state index < -0.39 is 11.6 Å². The van der Waals surface area contributed by atoms with E-state index in [0.29, 0.717) is 31.2 Å². The van der Waals surface area contributed by atoms with Crippen LogP contribution in [0.2, 0.25) is 0 Å². The number of piperidine rings is 1. The molecule has 1 saturated heterocycles. The highest BCUT2D eigenvalue weighted by Gasteiger charge is 2.26. The second-order valence-electron chi connectivity index (χ2n) is 6.59. The van der Waals surface area contributed by atoms with Gasteiger partial charge in [-0.15, -0.1) is 0 Å². The average molecular weight is 361 g/mol. The Bertz CT molecular complexity index is 754. The van der Waals surface area contributed by atoms with Crippen LogP contribution >= 0.6 is 0 Å². The number of carbonyl (C=O) groups excluding carboxylic acids is 1. The van der Waals surface area contributed by atoms with Crippen molar-refractivity contribution in [3.8, 4) is 5.75 Å². The van der Waals surface area contributed by atoms with Gasteiger partial charge in [0.2, 0.25) is 5.91 Å². The minimum Gasteiger partial charge on any atom is -0.505 e. The first-order chi connectivity index (χ1) is 12.6. The van der Waals surface area contributed by atoms with Crippen LogP contribution in [0.5, 0.6) is 5.75 Å². The Morgan fingerprint density at radius 2 is 2.15 bits per heavy atom. The zero-order valence-corrected chi connectivity index (χ0v) is 14.9. The van der Waals surface area contributed by atoms with Gasteiger partial charge in [0.1, 0.15) is 5.82 Å². The van der Waals surface area contributed by atoms with Crippen molar-refractivity contribution < 1.29 is 19.0 Å². The summed E-state index contributed by atoms with van der Waals surface area (Å²) >= 11 is 0. The first-order valence-corrected chi connectivity index (χ1v) is 8.83. The molecule has 0 aliphatic carbocycles. The SMILES string of the molecule is COCCn1ccnc1C1CCN(C(=O)Cc2ccc(O)c(F)c2)CC1. The van der Waals surface area contributed by atoms with Crippen LogP contribution in [-0.4, -0.2) is 52.3 Å². The number of rotatable bonds is 6. The maximum atomic E-state index is 13.4. The molecule has 2 aromatic rings. The van der Waals surface area contributed by atoms with Gasteiger partial charge in [-0.2, -0.15) is 0 Å². The van der Waals surface area contributed by atoms with E-state index in [1.54, 1.807) is 13.2 Å². The molecule has 7 heteroatoms. The Hall–Kier alpha value is -2.41. The van der Waals surface area contributed by atoms with Crippen LogP contribution in [0.1, 0.15) is 30.1 Å². The number of carbonyl (C=O) groups is 1. The van der Waals surface area contributed by atoms with E-state index in [1.807, 2.05) is 17.3 Å². The normalized spacial score (nSPS) is 15.4. The van der Waals surface area contributed by atoms with Crippen LogP contribution in [0, 0.1) is 5.82 Å². The number of halogens is 1. The molecule has 1 N–H and O–H groups in total. The van der Waals surface area contributed by atoms with Gasteiger partial charge in [0.25, 0.3) is 0 Å². The summed E-state index contributed by atoms with van der Waals surface area (Å²) in [5.74, 6) is 0.269. The Labute approximate surface area is 152 Å². The van der Waals surface area contributed by atoms with E-state index >= 15 is 0 Å². The van der Waals surface area contributed by atoms with Crippen molar-refractivity contribution in [2.24, 2.45) is 0 Å². The summed E-state index contributed by atoms with van der Waals surface area (Å²) in [4.78, 5) is 18.8. The number of amides is 1. The molecule has 1 aliphatic rings. The molecule has 1 aliphatic heterocycles. The highest BCUT2D eigenvalue weighted by molar-refractivity contribution is 5.79. The summed E-state index contributed by atoms with van der Waals surface area (Å²) in [6.45, 7) is 2.75. The quantitative estimate of drug-likeness (QED) is 0.857. The molecule has 1 aromatic carbocycles. The summed E-state index contributed by atoms with van der Waals surface area (Å²) < 4.78 is 20.7. The number of nitrogens with zero attached hydrogens (tertiary/aromatic N) is 3. The fraction of sp³-hybridized carbons (Fsp3) is 0.474. The molecule has 0 atom stereocenters. The minimum atomic E-state index is -0.697. The Balaban J connectivity index is 1.55. The number of phenols is 1. The monoisotopic (exact) mass is 361 g/mol. The van der Waals surface area contributed by atoms with Crippen LogP contribution in [0.4, 0.5) is 4.39 Å². The number of ether oxygens (including phenoxy) is 1. The van der Waals surface area contributed by atoms with Crippen molar-refractivity contribution in [2.45, 2.75) is 31.7 Å². The van der Waals surface area contributed by atoms with Gasteiger partial charge in [-0.05, 0) is 30.5 Å². The van der Waals surface area contributed by atoms with Crippen LogP contribution < -0.4 is 0 Å². The van der Waals surface area contributed by atoms with Crippen LogP contribution in [-0.2, 0) is 22.5 Å². The molecule has 2 heterocycles. The summed E-state index contributed by atoms with van der Waals surface area (Å²) in [5, 5.41) is 9.24. The average Bonchev–Trinajstić information content (AvgIpc) is 3.11. The fourth-order valence-corrected chi connectivity index (χ4v) is 3.39. The van der Waals surface area contributed by atoms with Gasteiger partial charge in [0, 0.05) is 45.1 Å². The lowest BCUT2D eigenvalue weighted by atomic mass is 9.95. The van der Waals surface area contributed by atoms with E-state index in [9.17, 15) is 14.3 Å². The maximum absolute atomic E-state index is 13.4. The predicted molar refractivity (Wildman–Crippen MR) is 94.4 cm³/mol. The molecule has 6 nitrogen and oxygen atoms in total. The molecule has 26 heavy (non-hydrogen) atoms. The standard InChI is InChI=1S/C19H24FN3O3/c1-26-11-10-23-9-6-21-19(23)15-4-7-22(8-5-15)18(25)13-14-2-3-17(24)16(20)12-14/h2-3,6,9,12,15,24H,4-5,7-8,10-11,13H2,1H3. The number of aromatic hydroxyl groups is 1. The molecule has 0 saturated carbocycles. The van der Waals surface area contributed by atoms with Gasteiger partial charge in [-0.25, -0.2) is 9.37 Å². The zero-order chi connectivity index (χ0) is 18.5. The number of imidazole rings is 1. The molecular formula is C19H24FN3O3. The highest BCUT2D eigenvalue weighted by Crippen LogP contribution is 2.27. The van der Waals surface area contributed by atoms with Crippen molar-refractivity contribution in [1.29, 1.82) is 0 Å². The third kappa shape index (κ3) is 4.22. The van der Waals surface area contributed by atoms with Gasteiger partial charge >= 0.3 is 0 Å². The van der Waals surface area contributed by atoms with Crippen LogP contribution in [0.3, 0.4) is 0 Å². The number of aromatic nitrogens is 2. The fourth-order valence-electron chi connectivity index (χ4n) is 3.39. The number of hydrogen-bond acceptors (Lipinski definition) is 4. The second kappa shape index (κ2) is 8.31. The van der Waals surface area contributed by atoms with Gasteiger partial charge in [0.15, 0.2) is 11.6 Å². The third-order valence-electron chi connectivity index (χ3n) is 4.86. The molecule has 0 spiro atoms. The molecule has 1 amide bonds. The molecule has 3 rings (SSSR count). The molecule has 0 unspecified atom stereocenters. The Kier molecular flexibility index (Phi) is 5.88. The van der Waals surface area contributed by atoms with Crippen LogP contribution in [0.15, 0.2) is 30.6 Å². The summed E-state index contributed by atoms with van der Waals surface area (Å²) in [6.07, 6.45) is 5.64. The lowest BCUT2D eigenvalue weighted by Gasteiger charge is -2.32. The van der Waals surface area contributed by atoms with E-state index in [2.05, 4.69) is 9.55 Å². The predicted octanol–water partition coefficient (Wildman–Crippen LogP) is 2.32. The molecule has 0 bridgehead atoms. The lowest BCUT2D eigenvalue weighted by molar-refractivity contribution is -0.131. The van der Waals surface area contributed by atoms with Crippen molar-refractivity contribution >= 4 is 5.91 Å². The van der Waals surface area contributed by atoms with Crippen molar-refractivity contribution in [3.05, 3.63) is 47.8 Å². The molecule has 1 aromatic heterocycles. The first kappa shape index (κ1) is 18.4. The number of phenolic OH excluding ortho intramolecular Hbond substituents is 1. The molecular weight excluding hydrogens is 337 g/mol. The number of likely N-dealkylation sites (tertiary alicyclic amines) is 1. The van der Waals surface area contributed by atoms with Crippen molar-refractivity contribution in [2.75, 3.05) is 26.8 Å². The second-order valence-corrected chi connectivity index (χ2v) is 6.59. The number of methoxy groups -OCH3 is 1. The van der Waals surface area contributed by atoms with Crippen molar-refractivity contribution in [3.63, 3.8) is 0 Å². The Morgan fingerprint density at radius 1 is 1.38 bits per heavy atom. The number of benzene rings is 1. The van der Waals surface area contributed by atoms with E-state index in [0.717, 1.165) is 25.2 Å². The molecule has 140 valence electrons. The minimum absolute atomic E-state index is 0.0173. The van der Waals surface area contributed by atoms with Gasteiger partial charge in [-0.3, -0.25) is 4.79 Å². The molecule has 1 fully saturated rings. The Morgan fingerprint density at radius 3 is 2.85 bits per heavy atom. The van der Waals surface area contributed by atoms with E-state index in [-0.39, 0.29) is 12.3 Å². The van der Waals surface area contributed by atoms with Gasteiger partial charge in [-0.1, -0.05) is 6.07 Å². The maximum Gasteiger partial charge on any atom is 0.226 e. The molecule has 0 radical (unpaired) electrons. The third-order valence-corrected chi connectivity index (χ3v) is 4.86. The largest absolute Gasteiger partial charge is 0.505 e. The smallest absolute Gasteiger partial charge is 0.226 e. The van der Waals surface area contributed by atoms with Gasteiger partial charge < -0.3 is 19.3 Å². The lowest BCUT2D eigenvalue weighted by Crippen LogP contribution is -2.39. The summed E-state index contributed by atoms with van der Waals surface area (Å²) in [7, 11) is 1.68. The zero-order valence-electron chi connectivity index (χ0n) is 14.9. The topological polar surface area (TPSA) is 67.6 Å². The van der Waals surface area contributed by atoms with Crippen LogP contribution in [0.25, 0.3) is 0 Å². The van der Waals surface area contributed by atoms with E-state index in [4.69, 9.17) is 4.74 Å².